The number of fused-ring (bicyclic) bond motifs is 1. The Bertz CT molecular complexity index is 974. The molecule has 8 heteroatoms. The van der Waals surface area contributed by atoms with Gasteiger partial charge < -0.3 is 18.6 Å². The summed E-state index contributed by atoms with van der Waals surface area (Å²) in [7, 11) is 1.59. The van der Waals surface area contributed by atoms with Gasteiger partial charge in [-0.05, 0) is 31.9 Å². The molecule has 26 heavy (non-hydrogen) atoms. The van der Waals surface area contributed by atoms with Gasteiger partial charge in [-0.1, -0.05) is 0 Å². The van der Waals surface area contributed by atoms with Crippen LogP contribution < -0.4 is 14.2 Å². The molecule has 0 radical (unpaired) electrons. The second-order valence-electron chi connectivity index (χ2n) is 6.51. The van der Waals surface area contributed by atoms with Gasteiger partial charge in [-0.25, -0.2) is 14.6 Å². The standard InChI is InChI=1S/C18H18N4O4/c1-10-13(7-22-8-19-17(21-22)11-3-4-11)20-18(26-10)12-5-14(23-2)16-15(6-12)24-9-25-16/h5-6,8,11H,3-4,7,9H2,1-2H3. The molecular weight excluding hydrogens is 336 g/mol. The fourth-order valence-electron chi connectivity index (χ4n) is 3.02. The number of rotatable bonds is 5. The summed E-state index contributed by atoms with van der Waals surface area (Å²) in [4.78, 5) is 9.02. The van der Waals surface area contributed by atoms with Crippen LogP contribution in [-0.2, 0) is 6.54 Å². The normalized spacial score (nSPS) is 15.5. The Hall–Kier alpha value is -3.03. The fourth-order valence-corrected chi connectivity index (χ4v) is 3.02. The van der Waals surface area contributed by atoms with Crippen LogP contribution in [0.3, 0.4) is 0 Å². The number of benzene rings is 1. The summed E-state index contributed by atoms with van der Waals surface area (Å²) in [6, 6.07) is 3.68. The Morgan fingerprint density at radius 3 is 2.96 bits per heavy atom. The van der Waals surface area contributed by atoms with E-state index in [4.69, 9.17) is 18.6 Å². The van der Waals surface area contributed by atoms with Crippen LogP contribution in [0, 0.1) is 6.92 Å². The third-order valence-electron chi connectivity index (χ3n) is 4.61. The minimum Gasteiger partial charge on any atom is -0.493 e. The van der Waals surface area contributed by atoms with Crippen LogP contribution in [0.2, 0.25) is 0 Å². The summed E-state index contributed by atoms with van der Waals surface area (Å²) in [5.74, 6) is 4.55. The number of aryl methyl sites for hydroxylation is 1. The van der Waals surface area contributed by atoms with Gasteiger partial charge in [0, 0.05) is 11.5 Å². The highest BCUT2D eigenvalue weighted by Crippen LogP contribution is 2.44. The second kappa shape index (κ2) is 5.76. The van der Waals surface area contributed by atoms with Crippen LogP contribution in [0.25, 0.3) is 11.5 Å². The SMILES string of the molecule is COc1cc(-c2nc(Cn3cnc(C4CC4)n3)c(C)o2)cc2c1OCO2. The minimum absolute atomic E-state index is 0.181. The zero-order chi connectivity index (χ0) is 17.7. The van der Waals surface area contributed by atoms with Gasteiger partial charge in [0.15, 0.2) is 17.3 Å². The first-order valence-corrected chi connectivity index (χ1v) is 8.55. The molecule has 134 valence electrons. The predicted octanol–water partition coefficient (Wildman–Crippen LogP) is 2.90. The molecule has 0 bridgehead atoms. The van der Waals surface area contributed by atoms with E-state index in [1.807, 2.05) is 23.7 Å². The molecule has 1 saturated carbocycles. The van der Waals surface area contributed by atoms with Crippen molar-refractivity contribution >= 4 is 0 Å². The summed E-state index contributed by atoms with van der Waals surface area (Å²) >= 11 is 0. The van der Waals surface area contributed by atoms with Gasteiger partial charge in [0.05, 0.1) is 13.7 Å². The zero-order valence-corrected chi connectivity index (χ0v) is 14.6. The van der Waals surface area contributed by atoms with E-state index >= 15 is 0 Å². The third kappa shape index (κ3) is 2.58. The van der Waals surface area contributed by atoms with E-state index < -0.39 is 0 Å². The highest BCUT2D eigenvalue weighted by Gasteiger charge is 2.27. The molecule has 2 aliphatic rings. The van der Waals surface area contributed by atoms with Gasteiger partial charge in [-0.3, -0.25) is 0 Å². The van der Waals surface area contributed by atoms with Gasteiger partial charge in [-0.15, -0.1) is 0 Å². The van der Waals surface area contributed by atoms with E-state index in [2.05, 4.69) is 15.1 Å². The molecule has 0 unspecified atom stereocenters. The molecule has 3 heterocycles. The number of oxazole rings is 1. The van der Waals surface area contributed by atoms with E-state index in [1.165, 1.54) is 12.8 Å². The van der Waals surface area contributed by atoms with Crippen molar-refractivity contribution in [2.24, 2.45) is 0 Å². The van der Waals surface area contributed by atoms with E-state index in [-0.39, 0.29) is 6.79 Å². The van der Waals surface area contributed by atoms with Gasteiger partial charge in [-0.2, -0.15) is 5.10 Å². The maximum Gasteiger partial charge on any atom is 0.231 e. The molecule has 0 N–H and O–H groups in total. The van der Waals surface area contributed by atoms with Crippen LogP contribution in [0.5, 0.6) is 17.2 Å². The lowest BCUT2D eigenvalue weighted by molar-refractivity contribution is 0.171. The maximum atomic E-state index is 5.87. The molecule has 2 aromatic heterocycles. The summed E-state index contributed by atoms with van der Waals surface area (Å²) in [5.41, 5.74) is 1.60. The second-order valence-corrected chi connectivity index (χ2v) is 6.51. The van der Waals surface area contributed by atoms with Gasteiger partial charge in [0.25, 0.3) is 0 Å². The minimum atomic E-state index is 0.181. The summed E-state index contributed by atoms with van der Waals surface area (Å²) in [6.07, 6.45) is 4.12. The van der Waals surface area contributed by atoms with Gasteiger partial charge >= 0.3 is 0 Å². The molecule has 8 nitrogen and oxygen atoms in total. The smallest absolute Gasteiger partial charge is 0.231 e. The molecule has 1 fully saturated rings. The number of hydrogen-bond acceptors (Lipinski definition) is 7. The highest BCUT2D eigenvalue weighted by molar-refractivity contribution is 5.66. The quantitative estimate of drug-likeness (QED) is 0.696. The molecular formula is C18H18N4O4. The topological polar surface area (TPSA) is 84.4 Å². The van der Waals surface area contributed by atoms with E-state index in [1.54, 1.807) is 13.4 Å². The molecule has 0 spiro atoms. The lowest BCUT2D eigenvalue weighted by Crippen LogP contribution is -2.02. The van der Waals surface area contributed by atoms with Crippen LogP contribution in [-0.4, -0.2) is 33.7 Å². The monoisotopic (exact) mass is 354 g/mol. The number of methoxy groups -OCH3 is 1. The van der Waals surface area contributed by atoms with E-state index in [0.29, 0.717) is 35.6 Å². The van der Waals surface area contributed by atoms with Crippen molar-refractivity contribution in [3.05, 3.63) is 35.7 Å². The molecule has 0 atom stereocenters. The van der Waals surface area contributed by atoms with Gasteiger partial charge in [0.2, 0.25) is 18.4 Å². The van der Waals surface area contributed by atoms with Crippen molar-refractivity contribution in [3.63, 3.8) is 0 Å². The van der Waals surface area contributed by atoms with Crippen LogP contribution in [0.1, 0.15) is 36.0 Å². The van der Waals surface area contributed by atoms with Crippen molar-refractivity contribution in [2.45, 2.75) is 32.2 Å². The third-order valence-corrected chi connectivity index (χ3v) is 4.61. The summed E-state index contributed by atoms with van der Waals surface area (Å²) < 4.78 is 24.0. The lowest BCUT2D eigenvalue weighted by Gasteiger charge is -2.06. The van der Waals surface area contributed by atoms with Crippen LogP contribution in [0.4, 0.5) is 0 Å². The Morgan fingerprint density at radius 2 is 2.15 bits per heavy atom. The first kappa shape index (κ1) is 15.2. The summed E-state index contributed by atoms with van der Waals surface area (Å²) in [5, 5.41) is 4.53. The van der Waals surface area contributed by atoms with Crippen molar-refractivity contribution in [2.75, 3.05) is 13.9 Å². The predicted molar refractivity (Wildman–Crippen MR) is 90.5 cm³/mol. The van der Waals surface area contributed by atoms with E-state index in [0.717, 1.165) is 22.8 Å². The largest absolute Gasteiger partial charge is 0.493 e. The molecule has 1 aliphatic carbocycles. The Morgan fingerprint density at radius 1 is 1.27 bits per heavy atom. The van der Waals surface area contributed by atoms with Gasteiger partial charge in [0.1, 0.15) is 17.8 Å². The number of hydrogen-bond donors (Lipinski definition) is 0. The van der Waals surface area contributed by atoms with Crippen LogP contribution >= 0.6 is 0 Å². The van der Waals surface area contributed by atoms with Crippen molar-refractivity contribution < 1.29 is 18.6 Å². The Labute approximate surface area is 149 Å². The molecule has 0 amide bonds. The maximum absolute atomic E-state index is 5.87. The molecule has 5 rings (SSSR count). The van der Waals surface area contributed by atoms with E-state index in [9.17, 15) is 0 Å². The summed E-state index contributed by atoms with van der Waals surface area (Å²) in [6.45, 7) is 2.60. The molecule has 1 aromatic carbocycles. The Kier molecular flexibility index (Phi) is 3.37. The van der Waals surface area contributed by atoms with Crippen LogP contribution in [0.15, 0.2) is 22.9 Å². The van der Waals surface area contributed by atoms with Crippen molar-refractivity contribution in [3.8, 4) is 28.7 Å². The average Bonchev–Trinajstić information content (AvgIpc) is 3.05. The number of aromatic nitrogens is 4. The first-order valence-electron chi connectivity index (χ1n) is 8.55. The molecule has 1 aliphatic heterocycles. The van der Waals surface area contributed by atoms with Crippen molar-refractivity contribution in [1.29, 1.82) is 0 Å². The number of ether oxygens (including phenoxy) is 3. The fraction of sp³-hybridized carbons (Fsp3) is 0.389. The average molecular weight is 354 g/mol. The first-order chi connectivity index (χ1) is 12.7. The Balaban J connectivity index is 1.44. The number of nitrogens with zero attached hydrogens (tertiary/aromatic N) is 4. The highest BCUT2D eigenvalue weighted by atomic mass is 16.7. The van der Waals surface area contributed by atoms with Crippen molar-refractivity contribution in [1.82, 2.24) is 19.7 Å². The molecule has 0 saturated heterocycles. The lowest BCUT2D eigenvalue weighted by atomic mass is 10.2. The zero-order valence-electron chi connectivity index (χ0n) is 14.6. The molecule has 3 aromatic rings.